The minimum absolute atomic E-state index is 0.0539. The van der Waals surface area contributed by atoms with Gasteiger partial charge in [0, 0.05) is 13.1 Å². The fourth-order valence-electron chi connectivity index (χ4n) is 1.12. The van der Waals surface area contributed by atoms with Crippen LogP contribution in [-0.4, -0.2) is 37.7 Å². The number of amides is 1. The highest BCUT2D eigenvalue weighted by Crippen LogP contribution is 1.90. The smallest absolute Gasteiger partial charge is 0.236 e. The molecule has 0 bridgehead atoms. The maximum Gasteiger partial charge on any atom is 0.236 e. The molecular formula is C12H26N2O2. The molecule has 1 unspecified atom stereocenters. The summed E-state index contributed by atoms with van der Waals surface area (Å²) in [4.78, 5) is 11.6. The van der Waals surface area contributed by atoms with E-state index >= 15 is 0 Å². The van der Waals surface area contributed by atoms with Gasteiger partial charge in [0.15, 0.2) is 0 Å². The van der Waals surface area contributed by atoms with Gasteiger partial charge in [0.1, 0.15) is 0 Å². The molecule has 0 rings (SSSR count). The van der Waals surface area contributed by atoms with Crippen molar-refractivity contribution in [3.05, 3.63) is 0 Å². The lowest BCUT2D eigenvalue weighted by atomic mass is 10.2. The maximum atomic E-state index is 11.6. The van der Waals surface area contributed by atoms with Crippen LogP contribution in [-0.2, 0) is 9.53 Å². The van der Waals surface area contributed by atoms with Gasteiger partial charge in [0.05, 0.1) is 18.8 Å². The van der Waals surface area contributed by atoms with Crippen molar-refractivity contribution < 1.29 is 9.53 Å². The molecular weight excluding hydrogens is 204 g/mol. The van der Waals surface area contributed by atoms with Gasteiger partial charge < -0.3 is 15.4 Å². The first-order valence-corrected chi connectivity index (χ1v) is 6.06. The summed E-state index contributed by atoms with van der Waals surface area (Å²) < 4.78 is 5.38. The van der Waals surface area contributed by atoms with Crippen LogP contribution < -0.4 is 10.6 Å². The number of carbonyl (C=O) groups excluding carboxylic acids is 1. The molecule has 0 radical (unpaired) electrons. The van der Waals surface area contributed by atoms with Gasteiger partial charge in [-0.05, 0) is 26.7 Å². The zero-order chi connectivity index (χ0) is 12.6. The highest BCUT2D eigenvalue weighted by Gasteiger charge is 2.11. The number of ether oxygens (including phenoxy) is 1. The SMILES string of the molecule is CC(C)CNC(=O)C(C)NCCOC(C)C. The molecule has 0 aromatic heterocycles. The molecule has 0 fully saturated rings. The second-order valence-corrected chi connectivity index (χ2v) is 4.73. The Morgan fingerprint density at radius 1 is 1.19 bits per heavy atom. The average molecular weight is 230 g/mol. The largest absolute Gasteiger partial charge is 0.377 e. The molecule has 0 aromatic carbocycles. The first-order chi connectivity index (χ1) is 7.43. The minimum Gasteiger partial charge on any atom is -0.377 e. The number of hydrogen-bond acceptors (Lipinski definition) is 3. The highest BCUT2D eigenvalue weighted by atomic mass is 16.5. The van der Waals surface area contributed by atoms with Gasteiger partial charge in [-0.1, -0.05) is 13.8 Å². The standard InChI is InChI=1S/C12H26N2O2/c1-9(2)8-14-12(15)11(5)13-6-7-16-10(3)4/h9-11,13H,6-8H2,1-5H3,(H,14,15). The number of nitrogens with one attached hydrogen (secondary N) is 2. The summed E-state index contributed by atoms with van der Waals surface area (Å²) in [5, 5.41) is 6.01. The van der Waals surface area contributed by atoms with Gasteiger partial charge >= 0.3 is 0 Å². The molecule has 4 heteroatoms. The Balaban J connectivity index is 3.55. The van der Waals surface area contributed by atoms with Crippen molar-refractivity contribution in [2.45, 2.75) is 46.8 Å². The molecule has 0 heterocycles. The summed E-state index contributed by atoms with van der Waals surface area (Å²) in [6.45, 7) is 12.1. The van der Waals surface area contributed by atoms with E-state index in [0.29, 0.717) is 19.1 Å². The van der Waals surface area contributed by atoms with Gasteiger partial charge in [0.2, 0.25) is 5.91 Å². The lowest BCUT2D eigenvalue weighted by Gasteiger charge is -2.15. The van der Waals surface area contributed by atoms with E-state index in [2.05, 4.69) is 24.5 Å². The molecule has 1 amide bonds. The van der Waals surface area contributed by atoms with E-state index in [-0.39, 0.29) is 18.1 Å². The molecule has 0 aliphatic heterocycles. The van der Waals surface area contributed by atoms with E-state index in [9.17, 15) is 4.79 Å². The van der Waals surface area contributed by atoms with E-state index in [1.54, 1.807) is 0 Å². The van der Waals surface area contributed by atoms with Crippen LogP contribution in [0.4, 0.5) is 0 Å². The molecule has 16 heavy (non-hydrogen) atoms. The minimum atomic E-state index is -0.158. The Morgan fingerprint density at radius 3 is 2.31 bits per heavy atom. The number of hydrogen-bond donors (Lipinski definition) is 2. The van der Waals surface area contributed by atoms with Crippen LogP contribution >= 0.6 is 0 Å². The van der Waals surface area contributed by atoms with Gasteiger partial charge in [-0.15, -0.1) is 0 Å². The lowest BCUT2D eigenvalue weighted by Crippen LogP contribution is -2.44. The number of rotatable bonds is 8. The van der Waals surface area contributed by atoms with Crippen LogP contribution in [0.3, 0.4) is 0 Å². The maximum absolute atomic E-state index is 11.6. The Bertz CT molecular complexity index is 193. The normalized spacial score (nSPS) is 13.2. The van der Waals surface area contributed by atoms with Crippen LogP contribution in [0.5, 0.6) is 0 Å². The molecule has 0 aliphatic carbocycles. The summed E-state index contributed by atoms with van der Waals surface area (Å²) in [5.74, 6) is 0.540. The molecule has 0 saturated heterocycles. The van der Waals surface area contributed by atoms with E-state index in [0.717, 1.165) is 6.54 Å². The summed E-state index contributed by atoms with van der Waals surface area (Å²) in [7, 11) is 0. The Hall–Kier alpha value is -0.610. The number of carbonyl (C=O) groups is 1. The third-order valence-corrected chi connectivity index (χ3v) is 2.08. The summed E-state index contributed by atoms with van der Waals surface area (Å²) in [5.41, 5.74) is 0. The van der Waals surface area contributed by atoms with Crippen molar-refractivity contribution in [2.24, 2.45) is 5.92 Å². The predicted octanol–water partition coefficient (Wildman–Crippen LogP) is 1.16. The molecule has 4 nitrogen and oxygen atoms in total. The fourth-order valence-corrected chi connectivity index (χ4v) is 1.12. The van der Waals surface area contributed by atoms with Crippen molar-refractivity contribution in [1.29, 1.82) is 0 Å². The molecule has 96 valence electrons. The summed E-state index contributed by atoms with van der Waals surface area (Å²) in [6.07, 6.45) is 0.242. The van der Waals surface area contributed by atoms with E-state index in [1.165, 1.54) is 0 Å². The van der Waals surface area contributed by atoms with Crippen LogP contribution in [0.1, 0.15) is 34.6 Å². The van der Waals surface area contributed by atoms with Crippen LogP contribution in [0, 0.1) is 5.92 Å². The molecule has 0 aliphatic rings. The molecule has 0 saturated carbocycles. The van der Waals surface area contributed by atoms with Crippen molar-refractivity contribution in [3.8, 4) is 0 Å². The molecule has 1 atom stereocenters. The van der Waals surface area contributed by atoms with Crippen molar-refractivity contribution in [3.63, 3.8) is 0 Å². The second kappa shape index (κ2) is 8.53. The highest BCUT2D eigenvalue weighted by molar-refractivity contribution is 5.81. The van der Waals surface area contributed by atoms with Gasteiger partial charge in [0.25, 0.3) is 0 Å². The third kappa shape index (κ3) is 8.68. The molecule has 2 N–H and O–H groups in total. The van der Waals surface area contributed by atoms with Crippen molar-refractivity contribution >= 4 is 5.91 Å². The quantitative estimate of drug-likeness (QED) is 0.615. The monoisotopic (exact) mass is 230 g/mol. The Labute approximate surface area is 99.1 Å². The average Bonchev–Trinajstić information content (AvgIpc) is 2.20. The Morgan fingerprint density at radius 2 is 1.81 bits per heavy atom. The first-order valence-electron chi connectivity index (χ1n) is 6.06. The fraction of sp³-hybridized carbons (Fsp3) is 0.917. The first kappa shape index (κ1) is 15.4. The topological polar surface area (TPSA) is 50.4 Å². The lowest BCUT2D eigenvalue weighted by molar-refractivity contribution is -0.122. The summed E-state index contributed by atoms with van der Waals surface area (Å²) >= 11 is 0. The van der Waals surface area contributed by atoms with Crippen molar-refractivity contribution in [1.82, 2.24) is 10.6 Å². The molecule has 0 aromatic rings. The van der Waals surface area contributed by atoms with Crippen LogP contribution in [0.2, 0.25) is 0 Å². The molecule has 0 spiro atoms. The van der Waals surface area contributed by atoms with Crippen LogP contribution in [0.25, 0.3) is 0 Å². The van der Waals surface area contributed by atoms with E-state index in [1.807, 2.05) is 20.8 Å². The van der Waals surface area contributed by atoms with E-state index in [4.69, 9.17) is 4.74 Å². The second-order valence-electron chi connectivity index (χ2n) is 4.73. The van der Waals surface area contributed by atoms with Crippen molar-refractivity contribution in [2.75, 3.05) is 19.7 Å². The van der Waals surface area contributed by atoms with Gasteiger partial charge in [-0.3, -0.25) is 4.79 Å². The zero-order valence-electron chi connectivity index (χ0n) is 11.2. The third-order valence-electron chi connectivity index (χ3n) is 2.08. The summed E-state index contributed by atoms with van der Waals surface area (Å²) in [6, 6.07) is -0.158. The van der Waals surface area contributed by atoms with Crippen LogP contribution in [0.15, 0.2) is 0 Å². The Kier molecular flexibility index (Phi) is 8.21. The predicted molar refractivity (Wildman–Crippen MR) is 66.4 cm³/mol. The van der Waals surface area contributed by atoms with Gasteiger partial charge in [-0.25, -0.2) is 0 Å². The zero-order valence-corrected chi connectivity index (χ0v) is 11.2. The van der Waals surface area contributed by atoms with Gasteiger partial charge in [-0.2, -0.15) is 0 Å². The van der Waals surface area contributed by atoms with E-state index < -0.39 is 0 Å².